The summed E-state index contributed by atoms with van der Waals surface area (Å²) >= 11 is 1.67. The van der Waals surface area contributed by atoms with Gasteiger partial charge in [-0.25, -0.2) is 4.79 Å². The Balaban J connectivity index is 1.53. The highest BCUT2D eigenvalue weighted by atomic mass is 32.1. The third kappa shape index (κ3) is 2.99. The highest BCUT2D eigenvalue weighted by Crippen LogP contribution is 2.34. The van der Waals surface area contributed by atoms with Gasteiger partial charge in [0.05, 0.1) is 12.1 Å². The molecule has 0 spiro atoms. The van der Waals surface area contributed by atoms with Crippen molar-refractivity contribution < 1.29 is 9.53 Å². The average molecular weight is 294 g/mol. The Kier molecular flexibility index (Phi) is 4.27. The Morgan fingerprint density at radius 3 is 3.15 bits per heavy atom. The molecular formula is C15H22N2O2S. The zero-order valence-electron chi connectivity index (χ0n) is 11.8. The van der Waals surface area contributed by atoms with Crippen LogP contribution < -0.4 is 10.6 Å². The number of fused-ring (bicyclic) bond motifs is 1. The van der Waals surface area contributed by atoms with Crippen LogP contribution in [0.3, 0.4) is 0 Å². The number of nitrogens with one attached hydrogen (secondary N) is 2. The van der Waals surface area contributed by atoms with Gasteiger partial charge in [0.1, 0.15) is 0 Å². The largest absolute Gasteiger partial charge is 0.378 e. The number of carbonyl (C=O) groups excluding carboxylic acids is 1. The zero-order valence-corrected chi connectivity index (χ0v) is 12.6. The Morgan fingerprint density at radius 2 is 2.35 bits per heavy atom. The number of hydrogen-bond donors (Lipinski definition) is 2. The first-order valence-electron chi connectivity index (χ1n) is 7.46. The normalized spacial score (nSPS) is 30.6. The predicted octanol–water partition coefficient (Wildman–Crippen LogP) is 3.07. The lowest BCUT2D eigenvalue weighted by molar-refractivity contribution is 0.0549. The van der Waals surface area contributed by atoms with E-state index in [-0.39, 0.29) is 18.1 Å². The first-order valence-corrected chi connectivity index (χ1v) is 8.34. The second-order valence-electron chi connectivity index (χ2n) is 5.75. The van der Waals surface area contributed by atoms with Crippen molar-refractivity contribution in [3.63, 3.8) is 0 Å². The van der Waals surface area contributed by atoms with E-state index < -0.39 is 0 Å². The van der Waals surface area contributed by atoms with Crippen molar-refractivity contribution in [1.29, 1.82) is 0 Å². The molecule has 4 nitrogen and oxygen atoms in total. The van der Waals surface area contributed by atoms with Crippen LogP contribution in [0.4, 0.5) is 4.79 Å². The molecule has 1 aromatic heterocycles. The van der Waals surface area contributed by atoms with Gasteiger partial charge in [-0.2, -0.15) is 0 Å². The quantitative estimate of drug-likeness (QED) is 0.900. The van der Waals surface area contributed by atoms with Gasteiger partial charge in [0.15, 0.2) is 0 Å². The van der Waals surface area contributed by atoms with E-state index in [4.69, 9.17) is 4.74 Å². The van der Waals surface area contributed by atoms with E-state index in [1.807, 2.05) is 18.4 Å². The van der Waals surface area contributed by atoms with Gasteiger partial charge in [-0.1, -0.05) is 6.07 Å². The molecule has 0 bridgehead atoms. The summed E-state index contributed by atoms with van der Waals surface area (Å²) in [6.45, 7) is 2.87. The molecule has 1 aromatic rings. The van der Waals surface area contributed by atoms with Crippen molar-refractivity contribution in [3.05, 3.63) is 22.4 Å². The van der Waals surface area contributed by atoms with Crippen LogP contribution in [0.2, 0.25) is 0 Å². The lowest BCUT2D eigenvalue weighted by Crippen LogP contribution is -2.49. The smallest absolute Gasteiger partial charge is 0.315 e. The fourth-order valence-electron chi connectivity index (χ4n) is 3.37. The number of urea groups is 1. The molecule has 1 saturated carbocycles. The number of hydrogen-bond acceptors (Lipinski definition) is 3. The molecule has 20 heavy (non-hydrogen) atoms. The molecule has 2 aliphatic rings. The van der Waals surface area contributed by atoms with Crippen molar-refractivity contribution in [3.8, 4) is 0 Å². The molecule has 1 aliphatic carbocycles. The molecule has 3 rings (SSSR count). The first-order chi connectivity index (χ1) is 9.74. The predicted molar refractivity (Wildman–Crippen MR) is 79.9 cm³/mol. The van der Waals surface area contributed by atoms with E-state index >= 15 is 0 Å². The number of rotatable bonds is 3. The second-order valence-corrected chi connectivity index (χ2v) is 6.73. The lowest BCUT2D eigenvalue weighted by Gasteiger charge is -2.33. The van der Waals surface area contributed by atoms with Crippen LogP contribution >= 0.6 is 11.3 Å². The van der Waals surface area contributed by atoms with Crippen LogP contribution in [-0.4, -0.2) is 24.8 Å². The molecule has 2 N–H and O–H groups in total. The minimum Gasteiger partial charge on any atom is -0.378 e. The van der Waals surface area contributed by atoms with Gasteiger partial charge in [0, 0.05) is 23.4 Å². The molecule has 110 valence electrons. The monoisotopic (exact) mass is 294 g/mol. The number of carbonyl (C=O) groups is 1. The third-order valence-corrected chi connectivity index (χ3v) is 5.47. The minimum atomic E-state index is -0.0524. The average Bonchev–Trinajstić information content (AvgIpc) is 3.10. The molecule has 0 radical (unpaired) electrons. The fourth-order valence-corrected chi connectivity index (χ4v) is 4.10. The Morgan fingerprint density at radius 1 is 1.45 bits per heavy atom. The van der Waals surface area contributed by atoms with Gasteiger partial charge >= 0.3 is 6.03 Å². The molecule has 2 heterocycles. The summed E-state index contributed by atoms with van der Waals surface area (Å²) in [6, 6.07) is 4.35. The van der Waals surface area contributed by atoms with Crippen LogP contribution in [0, 0.1) is 5.92 Å². The Bertz CT molecular complexity index is 449. The van der Waals surface area contributed by atoms with Gasteiger partial charge in [-0.3, -0.25) is 0 Å². The van der Waals surface area contributed by atoms with Gasteiger partial charge in [-0.05, 0) is 44.1 Å². The Labute approximate surface area is 123 Å². The maximum Gasteiger partial charge on any atom is 0.315 e. The van der Waals surface area contributed by atoms with Crippen LogP contribution in [0.1, 0.15) is 43.5 Å². The molecule has 1 saturated heterocycles. The Hall–Kier alpha value is -1.07. The van der Waals surface area contributed by atoms with Crippen LogP contribution in [-0.2, 0) is 4.74 Å². The lowest BCUT2D eigenvalue weighted by atomic mass is 9.82. The zero-order chi connectivity index (χ0) is 13.9. The summed E-state index contributed by atoms with van der Waals surface area (Å²) in [5, 5.41) is 8.22. The summed E-state index contributed by atoms with van der Waals surface area (Å²) < 4.78 is 5.74. The topological polar surface area (TPSA) is 50.4 Å². The van der Waals surface area contributed by atoms with Crippen LogP contribution in [0.25, 0.3) is 0 Å². The van der Waals surface area contributed by atoms with Crippen LogP contribution in [0.5, 0.6) is 0 Å². The molecule has 1 aliphatic heterocycles. The molecule has 2 amide bonds. The summed E-state index contributed by atoms with van der Waals surface area (Å²) in [5.74, 6) is 0.506. The molecule has 4 atom stereocenters. The number of thiophene rings is 1. The van der Waals surface area contributed by atoms with E-state index in [1.165, 1.54) is 4.88 Å². The fraction of sp³-hybridized carbons (Fsp3) is 0.667. The first kappa shape index (κ1) is 13.9. The summed E-state index contributed by atoms with van der Waals surface area (Å²) in [4.78, 5) is 13.3. The molecule has 5 heteroatoms. The van der Waals surface area contributed by atoms with Gasteiger partial charge < -0.3 is 15.4 Å². The van der Waals surface area contributed by atoms with Gasteiger partial charge in [-0.15, -0.1) is 11.3 Å². The van der Waals surface area contributed by atoms with Crippen molar-refractivity contribution in [2.45, 2.75) is 50.8 Å². The highest BCUT2D eigenvalue weighted by molar-refractivity contribution is 7.10. The van der Waals surface area contributed by atoms with Crippen molar-refractivity contribution in [2.75, 3.05) is 6.61 Å². The van der Waals surface area contributed by atoms with E-state index in [0.717, 1.165) is 32.3 Å². The van der Waals surface area contributed by atoms with Gasteiger partial charge in [0.2, 0.25) is 0 Å². The standard InChI is InChI=1S/C15H22N2O2S/c1-10(14-6-3-9-20-14)16-15(18)17-12-4-2-5-13-11(12)7-8-19-13/h3,6,9-13H,2,4-5,7-8H2,1H3,(H2,16,17,18)/t10-,11-,12+,13-/m0/s1. The van der Waals surface area contributed by atoms with E-state index in [1.54, 1.807) is 11.3 Å². The van der Waals surface area contributed by atoms with E-state index in [9.17, 15) is 4.79 Å². The van der Waals surface area contributed by atoms with E-state index in [2.05, 4.69) is 16.7 Å². The molecule has 2 fully saturated rings. The summed E-state index contributed by atoms with van der Waals surface area (Å²) in [7, 11) is 0. The van der Waals surface area contributed by atoms with Crippen LogP contribution in [0.15, 0.2) is 17.5 Å². The second kappa shape index (κ2) is 6.14. The summed E-state index contributed by atoms with van der Waals surface area (Å²) in [6.07, 6.45) is 4.81. The number of ether oxygens (including phenoxy) is 1. The SMILES string of the molecule is C[C@H](NC(=O)N[C@@H]1CCC[C@@H]2OCC[C@H]21)c1cccs1. The molecule has 0 unspecified atom stereocenters. The minimum absolute atomic E-state index is 0.0524. The highest BCUT2D eigenvalue weighted by Gasteiger charge is 2.38. The maximum atomic E-state index is 12.1. The van der Waals surface area contributed by atoms with E-state index in [0.29, 0.717) is 12.0 Å². The molecular weight excluding hydrogens is 272 g/mol. The van der Waals surface area contributed by atoms with Crippen molar-refractivity contribution >= 4 is 17.4 Å². The third-order valence-electron chi connectivity index (χ3n) is 4.42. The summed E-state index contributed by atoms with van der Waals surface area (Å²) in [5.41, 5.74) is 0. The number of amides is 2. The maximum absolute atomic E-state index is 12.1. The van der Waals surface area contributed by atoms with Crippen molar-refractivity contribution in [2.24, 2.45) is 5.92 Å². The van der Waals surface area contributed by atoms with Gasteiger partial charge in [0.25, 0.3) is 0 Å². The molecule has 0 aromatic carbocycles. The van der Waals surface area contributed by atoms with Crippen molar-refractivity contribution in [1.82, 2.24) is 10.6 Å².